The summed E-state index contributed by atoms with van der Waals surface area (Å²) >= 11 is 7.37. The van der Waals surface area contributed by atoms with Crippen molar-refractivity contribution in [2.75, 3.05) is 6.61 Å². The molecule has 3 rings (SSSR count). The van der Waals surface area contributed by atoms with Crippen LogP contribution in [-0.2, 0) is 17.0 Å². The Morgan fingerprint density at radius 1 is 1.27 bits per heavy atom. The third kappa shape index (κ3) is 5.38. The highest BCUT2D eigenvalue weighted by atomic mass is 35.5. The molecule has 0 fully saturated rings. The van der Waals surface area contributed by atoms with E-state index >= 15 is 0 Å². The second-order valence-corrected chi connectivity index (χ2v) is 8.34. The number of fused-ring (bicyclic) bond motifs is 1. The molecule has 0 saturated carbocycles. The zero-order valence-corrected chi connectivity index (χ0v) is 18.3. The second kappa shape index (κ2) is 10.1. The van der Waals surface area contributed by atoms with E-state index < -0.39 is 4.92 Å². The van der Waals surface area contributed by atoms with Crippen molar-refractivity contribution in [2.24, 2.45) is 0 Å². The summed E-state index contributed by atoms with van der Waals surface area (Å²) in [7, 11) is 0. The van der Waals surface area contributed by atoms with Crippen molar-refractivity contribution in [1.82, 2.24) is 9.55 Å². The summed E-state index contributed by atoms with van der Waals surface area (Å²) in [6.45, 7) is 4.89. The van der Waals surface area contributed by atoms with E-state index in [9.17, 15) is 14.9 Å². The highest BCUT2D eigenvalue weighted by Crippen LogP contribution is 2.28. The molecule has 158 valence electrons. The molecule has 0 aliphatic rings. The van der Waals surface area contributed by atoms with Crippen LogP contribution in [0.25, 0.3) is 10.9 Å². The van der Waals surface area contributed by atoms with E-state index in [2.05, 4.69) is 4.98 Å². The molecule has 0 unspecified atom stereocenters. The highest BCUT2D eigenvalue weighted by molar-refractivity contribution is 7.98. The molecule has 0 amide bonds. The molecule has 30 heavy (non-hydrogen) atoms. The molecule has 1 aromatic heterocycles. The minimum absolute atomic E-state index is 0.0491. The average molecular weight is 448 g/mol. The Bertz CT molecular complexity index is 1120. The van der Waals surface area contributed by atoms with Crippen molar-refractivity contribution in [3.05, 3.63) is 73.5 Å². The number of nitro groups is 1. The molecule has 7 nitrogen and oxygen atoms in total. The smallest absolute Gasteiger partial charge is 0.273 e. The summed E-state index contributed by atoms with van der Waals surface area (Å²) in [5.41, 5.74) is 0.967. The normalized spacial score (nSPS) is 11.3. The Labute approximate surface area is 183 Å². The van der Waals surface area contributed by atoms with Gasteiger partial charge in [-0.25, -0.2) is 4.98 Å². The molecule has 0 bridgehead atoms. The van der Waals surface area contributed by atoms with Crippen molar-refractivity contribution in [3.8, 4) is 0 Å². The summed E-state index contributed by atoms with van der Waals surface area (Å²) in [5.74, 6) is 0.318. The Morgan fingerprint density at radius 3 is 2.77 bits per heavy atom. The lowest BCUT2D eigenvalue weighted by Gasteiger charge is -2.14. The predicted octanol–water partition coefficient (Wildman–Crippen LogP) is 5.07. The summed E-state index contributed by atoms with van der Waals surface area (Å²) in [6.07, 6.45) is 0.767. The maximum Gasteiger partial charge on any atom is 0.273 e. The van der Waals surface area contributed by atoms with Gasteiger partial charge < -0.3 is 4.74 Å². The van der Waals surface area contributed by atoms with Crippen LogP contribution in [-0.4, -0.2) is 27.2 Å². The van der Waals surface area contributed by atoms with Crippen LogP contribution in [0.3, 0.4) is 0 Å². The quantitative estimate of drug-likeness (QED) is 0.150. The van der Waals surface area contributed by atoms with Gasteiger partial charge in [-0.3, -0.25) is 19.5 Å². The van der Waals surface area contributed by atoms with Crippen molar-refractivity contribution in [1.29, 1.82) is 0 Å². The molecule has 0 saturated heterocycles. The van der Waals surface area contributed by atoms with E-state index in [4.69, 9.17) is 16.3 Å². The van der Waals surface area contributed by atoms with Crippen LogP contribution in [0.4, 0.5) is 5.69 Å². The first-order chi connectivity index (χ1) is 14.4. The van der Waals surface area contributed by atoms with Crippen LogP contribution >= 0.6 is 23.4 Å². The number of aromatic nitrogens is 2. The molecule has 0 spiro atoms. The molecule has 9 heteroatoms. The van der Waals surface area contributed by atoms with Gasteiger partial charge in [-0.05, 0) is 38.5 Å². The molecule has 0 radical (unpaired) electrons. The fourth-order valence-corrected chi connectivity index (χ4v) is 4.16. The Kier molecular flexibility index (Phi) is 7.47. The van der Waals surface area contributed by atoms with Crippen LogP contribution in [0, 0.1) is 10.1 Å². The largest absolute Gasteiger partial charge is 0.379 e. The summed E-state index contributed by atoms with van der Waals surface area (Å²) in [5, 5.41) is 12.8. The van der Waals surface area contributed by atoms with Crippen LogP contribution in [0.2, 0.25) is 5.02 Å². The number of nitrogens with zero attached hydrogens (tertiary/aromatic N) is 3. The monoisotopic (exact) mass is 447 g/mol. The van der Waals surface area contributed by atoms with E-state index in [1.807, 2.05) is 13.8 Å². The van der Waals surface area contributed by atoms with Gasteiger partial charge in [0.15, 0.2) is 5.16 Å². The fourth-order valence-electron chi connectivity index (χ4n) is 2.98. The molecule has 0 aliphatic heterocycles. The first-order valence-electron chi connectivity index (χ1n) is 9.53. The Balaban J connectivity index is 1.93. The molecule has 0 aliphatic carbocycles. The van der Waals surface area contributed by atoms with Gasteiger partial charge in [0.1, 0.15) is 0 Å². The van der Waals surface area contributed by atoms with Crippen LogP contribution in [0.1, 0.15) is 25.8 Å². The van der Waals surface area contributed by atoms with Crippen molar-refractivity contribution in [3.63, 3.8) is 0 Å². The fraction of sp³-hybridized carbons (Fsp3) is 0.333. The number of rotatable bonds is 9. The van der Waals surface area contributed by atoms with E-state index in [1.165, 1.54) is 17.8 Å². The van der Waals surface area contributed by atoms with E-state index in [0.29, 0.717) is 52.0 Å². The molecule has 1 heterocycles. The minimum atomic E-state index is -0.403. The third-order valence-corrected chi connectivity index (χ3v) is 5.66. The van der Waals surface area contributed by atoms with E-state index in [1.54, 1.807) is 41.0 Å². The van der Waals surface area contributed by atoms with Crippen molar-refractivity contribution < 1.29 is 9.66 Å². The van der Waals surface area contributed by atoms with Gasteiger partial charge in [0, 0.05) is 35.6 Å². The first kappa shape index (κ1) is 22.3. The maximum absolute atomic E-state index is 13.1. The lowest BCUT2D eigenvalue weighted by molar-refractivity contribution is -0.385. The minimum Gasteiger partial charge on any atom is -0.379 e. The van der Waals surface area contributed by atoms with Gasteiger partial charge in [-0.2, -0.15) is 0 Å². The summed E-state index contributed by atoms with van der Waals surface area (Å²) in [6, 6.07) is 11.6. The molecular weight excluding hydrogens is 426 g/mol. The Morgan fingerprint density at radius 2 is 2.03 bits per heavy atom. The van der Waals surface area contributed by atoms with Crippen molar-refractivity contribution in [2.45, 2.75) is 43.8 Å². The average Bonchev–Trinajstić information content (AvgIpc) is 2.70. The third-order valence-electron chi connectivity index (χ3n) is 4.40. The topological polar surface area (TPSA) is 87.3 Å². The lowest BCUT2D eigenvalue weighted by Crippen LogP contribution is -2.24. The highest BCUT2D eigenvalue weighted by Gasteiger charge is 2.16. The zero-order valence-electron chi connectivity index (χ0n) is 16.7. The van der Waals surface area contributed by atoms with Crippen molar-refractivity contribution >= 4 is 40.0 Å². The number of halogens is 1. The van der Waals surface area contributed by atoms with Gasteiger partial charge >= 0.3 is 0 Å². The molecule has 0 atom stereocenters. The number of nitro benzene ring substituents is 1. The first-order valence-corrected chi connectivity index (χ1v) is 10.9. The molecule has 3 aromatic rings. The zero-order chi connectivity index (χ0) is 21.7. The predicted molar refractivity (Wildman–Crippen MR) is 119 cm³/mol. The van der Waals surface area contributed by atoms with Gasteiger partial charge in [-0.15, -0.1) is 0 Å². The van der Waals surface area contributed by atoms with Gasteiger partial charge in [0.05, 0.1) is 21.9 Å². The van der Waals surface area contributed by atoms with Crippen LogP contribution < -0.4 is 5.56 Å². The lowest BCUT2D eigenvalue weighted by atomic mass is 10.2. The number of benzene rings is 2. The molecule has 2 aromatic carbocycles. The van der Waals surface area contributed by atoms with Gasteiger partial charge in [0.2, 0.25) is 0 Å². The number of para-hydroxylation sites is 1. The second-order valence-electron chi connectivity index (χ2n) is 6.96. The summed E-state index contributed by atoms with van der Waals surface area (Å²) in [4.78, 5) is 28.6. The standard InChI is InChI=1S/C21H22ClN3O4S/c1-14(2)29-11-5-10-24-20(26)17-9-8-16(22)12-18(17)23-21(24)30-13-15-6-3-4-7-19(15)25(27)28/h3-4,6-9,12,14H,5,10-11,13H2,1-2H3. The SMILES string of the molecule is CC(C)OCCCn1c(SCc2ccccc2[N+](=O)[O-])nc2cc(Cl)ccc2c1=O. The van der Waals surface area contributed by atoms with E-state index in [-0.39, 0.29) is 17.4 Å². The van der Waals surface area contributed by atoms with Gasteiger partial charge in [0.25, 0.3) is 11.2 Å². The number of hydrogen-bond acceptors (Lipinski definition) is 6. The number of thioether (sulfide) groups is 1. The summed E-state index contributed by atoms with van der Waals surface area (Å²) < 4.78 is 7.19. The van der Waals surface area contributed by atoms with Crippen LogP contribution in [0.15, 0.2) is 52.4 Å². The van der Waals surface area contributed by atoms with Crippen LogP contribution in [0.5, 0.6) is 0 Å². The molecule has 0 N–H and O–H groups in total. The number of hydrogen-bond donors (Lipinski definition) is 0. The Hall–Kier alpha value is -2.42. The van der Waals surface area contributed by atoms with Gasteiger partial charge in [-0.1, -0.05) is 41.6 Å². The van der Waals surface area contributed by atoms with E-state index in [0.717, 1.165) is 0 Å². The molecular formula is C21H22ClN3O4S. The maximum atomic E-state index is 13.1. The number of ether oxygens (including phenoxy) is 1.